The fourth-order valence-corrected chi connectivity index (χ4v) is 0.784. The average molecular weight is 188 g/mol. The molecule has 1 atom stereocenters. The van der Waals surface area contributed by atoms with Gasteiger partial charge in [-0.1, -0.05) is 0 Å². The van der Waals surface area contributed by atoms with Crippen molar-refractivity contribution in [2.45, 2.75) is 13.0 Å². The van der Waals surface area contributed by atoms with Crippen molar-refractivity contribution >= 4 is 11.8 Å². The van der Waals surface area contributed by atoms with E-state index in [2.05, 4.69) is 5.32 Å². The van der Waals surface area contributed by atoms with Gasteiger partial charge in [0.05, 0.1) is 6.54 Å². The molecule has 76 valence electrons. The molecule has 0 aliphatic heterocycles. The molecule has 5 nitrogen and oxygen atoms in total. The second kappa shape index (κ2) is 5.53. The molecule has 0 fully saturated rings. The molecule has 0 aromatic heterocycles. The first kappa shape index (κ1) is 11.9. The highest BCUT2D eigenvalue weighted by molar-refractivity contribution is 5.86. The lowest BCUT2D eigenvalue weighted by Gasteiger charge is -2.19. The van der Waals surface area contributed by atoms with E-state index in [4.69, 9.17) is 4.74 Å². The molecule has 0 rings (SSSR count). The highest BCUT2D eigenvalue weighted by Gasteiger charge is 2.17. The fourth-order valence-electron chi connectivity index (χ4n) is 0.784. The number of ether oxygens (including phenoxy) is 1. The zero-order valence-electron chi connectivity index (χ0n) is 8.46. The van der Waals surface area contributed by atoms with E-state index in [1.807, 2.05) is 0 Å². The maximum Gasteiger partial charge on any atom is 0.251 e. The molecule has 0 saturated heterocycles. The van der Waals surface area contributed by atoms with E-state index in [-0.39, 0.29) is 18.4 Å². The van der Waals surface area contributed by atoms with Crippen LogP contribution in [0.25, 0.3) is 0 Å². The molecule has 0 bridgehead atoms. The summed E-state index contributed by atoms with van der Waals surface area (Å²) in [6.07, 6.45) is -0.505. The lowest BCUT2D eigenvalue weighted by atomic mass is 10.3. The Morgan fingerprint density at radius 2 is 2.08 bits per heavy atom. The lowest BCUT2D eigenvalue weighted by Crippen LogP contribution is -2.41. The van der Waals surface area contributed by atoms with Gasteiger partial charge in [0.25, 0.3) is 5.91 Å². The molecule has 13 heavy (non-hydrogen) atoms. The van der Waals surface area contributed by atoms with Gasteiger partial charge in [-0.2, -0.15) is 0 Å². The minimum absolute atomic E-state index is 0.0586. The number of carbonyl (C=O) groups is 2. The third-order valence-corrected chi connectivity index (χ3v) is 1.74. The Hall–Kier alpha value is -1.10. The van der Waals surface area contributed by atoms with Crippen molar-refractivity contribution in [2.24, 2.45) is 0 Å². The van der Waals surface area contributed by atoms with E-state index in [9.17, 15) is 9.59 Å². The number of carbonyl (C=O) groups excluding carboxylic acids is 2. The number of amides is 2. The number of hydrogen-bond donors (Lipinski definition) is 1. The van der Waals surface area contributed by atoms with Crippen LogP contribution in [-0.4, -0.2) is 50.6 Å². The molecule has 0 saturated carbocycles. The largest absolute Gasteiger partial charge is 0.372 e. The zero-order chi connectivity index (χ0) is 10.4. The average Bonchev–Trinajstić information content (AvgIpc) is 2.14. The van der Waals surface area contributed by atoms with E-state index in [0.29, 0.717) is 0 Å². The van der Waals surface area contributed by atoms with Crippen molar-refractivity contribution in [1.82, 2.24) is 10.2 Å². The number of rotatable bonds is 4. The van der Waals surface area contributed by atoms with E-state index in [0.717, 1.165) is 0 Å². The van der Waals surface area contributed by atoms with Crippen LogP contribution in [0, 0.1) is 0 Å². The molecule has 0 heterocycles. The van der Waals surface area contributed by atoms with Crippen LogP contribution in [0.4, 0.5) is 0 Å². The number of methoxy groups -OCH3 is 1. The van der Waals surface area contributed by atoms with Crippen LogP contribution in [0.15, 0.2) is 0 Å². The Balaban J connectivity index is 4.03. The van der Waals surface area contributed by atoms with Gasteiger partial charge in [0.2, 0.25) is 5.91 Å². The zero-order valence-corrected chi connectivity index (χ0v) is 8.46. The van der Waals surface area contributed by atoms with Gasteiger partial charge >= 0.3 is 0 Å². The molecule has 1 N–H and O–H groups in total. The second-order valence-electron chi connectivity index (χ2n) is 2.75. The van der Waals surface area contributed by atoms with Crippen molar-refractivity contribution in [2.75, 3.05) is 27.7 Å². The van der Waals surface area contributed by atoms with Crippen molar-refractivity contribution in [1.29, 1.82) is 0 Å². The van der Waals surface area contributed by atoms with Crippen molar-refractivity contribution in [3.05, 3.63) is 0 Å². The minimum Gasteiger partial charge on any atom is -0.372 e. The predicted octanol–water partition coefficient (Wildman–Crippen LogP) is -0.774. The van der Waals surface area contributed by atoms with Crippen LogP contribution in [0.1, 0.15) is 6.92 Å². The number of hydrogen-bond acceptors (Lipinski definition) is 3. The van der Waals surface area contributed by atoms with E-state index in [1.54, 1.807) is 14.0 Å². The van der Waals surface area contributed by atoms with Gasteiger partial charge in [-0.05, 0) is 6.92 Å². The summed E-state index contributed by atoms with van der Waals surface area (Å²) in [4.78, 5) is 23.6. The number of nitrogens with one attached hydrogen (secondary N) is 1. The van der Waals surface area contributed by atoms with Crippen LogP contribution in [0.3, 0.4) is 0 Å². The normalized spacial score (nSPS) is 12.0. The molecular formula is C8H16N2O3. The summed E-state index contributed by atoms with van der Waals surface area (Å²) in [5.74, 6) is -0.398. The highest BCUT2D eigenvalue weighted by Crippen LogP contribution is 1.94. The topological polar surface area (TPSA) is 58.6 Å². The third kappa shape index (κ3) is 3.89. The van der Waals surface area contributed by atoms with Gasteiger partial charge in [-0.15, -0.1) is 0 Å². The number of nitrogens with zero attached hydrogens (tertiary/aromatic N) is 1. The Bertz CT molecular complexity index is 194. The van der Waals surface area contributed by atoms with Gasteiger partial charge in [0.1, 0.15) is 6.10 Å². The van der Waals surface area contributed by atoms with E-state index in [1.165, 1.54) is 19.1 Å². The quantitative estimate of drug-likeness (QED) is 0.630. The molecule has 1 unspecified atom stereocenters. The molecule has 0 radical (unpaired) electrons. The third-order valence-electron chi connectivity index (χ3n) is 1.74. The summed E-state index contributed by atoms with van der Waals surface area (Å²) in [5, 5.41) is 2.43. The van der Waals surface area contributed by atoms with Crippen molar-refractivity contribution in [3.8, 4) is 0 Å². The molecule has 5 heteroatoms. The summed E-state index contributed by atoms with van der Waals surface area (Å²) >= 11 is 0. The first-order valence-electron chi connectivity index (χ1n) is 4.01. The molecule has 0 aliphatic rings. The fraction of sp³-hybridized carbons (Fsp3) is 0.750. The lowest BCUT2D eigenvalue weighted by molar-refractivity contribution is -0.142. The summed E-state index contributed by atoms with van der Waals surface area (Å²) in [6, 6.07) is 0. The first-order chi connectivity index (χ1) is 6.02. The van der Waals surface area contributed by atoms with Crippen LogP contribution in [-0.2, 0) is 14.3 Å². The minimum atomic E-state index is -0.505. The van der Waals surface area contributed by atoms with Gasteiger partial charge in [0.15, 0.2) is 0 Å². The summed E-state index contributed by atoms with van der Waals surface area (Å²) in [6.45, 7) is 1.70. The maximum atomic E-state index is 11.3. The van der Waals surface area contributed by atoms with Crippen molar-refractivity contribution in [3.63, 3.8) is 0 Å². The first-order valence-corrected chi connectivity index (χ1v) is 4.01. The monoisotopic (exact) mass is 188 g/mol. The summed E-state index contributed by atoms with van der Waals surface area (Å²) in [5.41, 5.74) is 0. The standard InChI is InChI=1S/C8H16N2O3/c1-6(13-4)8(12)10(3)5-7(11)9-2/h6H,5H2,1-4H3,(H,9,11). The Labute approximate surface area is 78.0 Å². The van der Waals surface area contributed by atoms with Crippen LogP contribution < -0.4 is 5.32 Å². The molecule has 0 spiro atoms. The second-order valence-corrected chi connectivity index (χ2v) is 2.75. The Morgan fingerprint density at radius 1 is 1.54 bits per heavy atom. The van der Waals surface area contributed by atoms with E-state index >= 15 is 0 Å². The summed E-state index contributed by atoms with van der Waals surface area (Å²) < 4.78 is 4.83. The van der Waals surface area contributed by atoms with E-state index < -0.39 is 6.10 Å². The maximum absolute atomic E-state index is 11.3. The predicted molar refractivity (Wildman–Crippen MR) is 48.2 cm³/mol. The molecule has 0 aromatic carbocycles. The SMILES string of the molecule is CNC(=O)CN(C)C(=O)C(C)OC. The smallest absolute Gasteiger partial charge is 0.251 e. The highest BCUT2D eigenvalue weighted by atomic mass is 16.5. The van der Waals surface area contributed by atoms with Gasteiger partial charge < -0.3 is 15.0 Å². The van der Waals surface area contributed by atoms with Gasteiger partial charge in [-0.3, -0.25) is 9.59 Å². The van der Waals surface area contributed by atoms with Crippen molar-refractivity contribution < 1.29 is 14.3 Å². The molecule has 2 amide bonds. The Kier molecular flexibility index (Phi) is 5.06. The number of likely N-dealkylation sites (N-methyl/N-ethyl adjacent to an activating group) is 2. The van der Waals surface area contributed by atoms with Gasteiger partial charge in [-0.25, -0.2) is 0 Å². The van der Waals surface area contributed by atoms with Crippen LogP contribution >= 0.6 is 0 Å². The molecule has 0 aliphatic carbocycles. The molecular weight excluding hydrogens is 172 g/mol. The summed E-state index contributed by atoms with van der Waals surface area (Å²) in [7, 11) is 4.55. The molecule has 0 aromatic rings. The van der Waals surface area contributed by atoms with Crippen LogP contribution in [0.2, 0.25) is 0 Å². The Morgan fingerprint density at radius 3 is 2.46 bits per heavy atom. The van der Waals surface area contributed by atoms with Gasteiger partial charge in [0, 0.05) is 21.2 Å². The van der Waals surface area contributed by atoms with Crippen LogP contribution in [0.5, 0.6) is 0 Å².